The Balaban J connectivity index is 1.98. The van der Waals surface area contributed by atoms with Crippen LogP contribution >= 0.6 is 11.3 Å². The highest BCUT2D eigenvalue weighted by Crippen LogP contribution is 2.23. The maximum atomic E-state index is 12.0. The number of amides is 2. The van der Waals surface area contributed by atoms with Gasteiger partial charge in [-0.3, -0.25) is 9.59 Å². The van der Waals surface area contributed by atoms with Gasteiger partial charge in [0.1, 0.15) is 11.8 Å². The average Bonchev–Trinajstić information content (AvgIpc) is 2.95. The normalized spacial score (nSPS) is 11.7. The first-order valence-corrected chi connectivity index (χ1v) is 7.30. The molecule has 0 saturated heterocycles. The predicted molar refractivity (Wildman–Crippen MR) is 82.7 cm³/mol. The van der Waals surface area contributed by atoms with Gasteiger partial charge in [0.2, 0.25) is 5.91 Å². The van der Waals surface area contributed by atoms with Crippen LogP contribution in [0.15, 0.2) is 35.7 Å². The minimum absolute atomic E-state index is 0.000123. The zero-order valence-corrected chi connectivity index (χ0v) is 12.5. The number of carbonyl (C=O) groups excluding carboxylic acids is 2. The molecule has 1 aromatic heterocycles. The molecular weight excluding hydrogens is 288 g/mol. The number of hydrogen-bond acceptors (Lipinski definition) is 4. The number of benzene rings is 1. The number of nitrogens with one attached hydrogen (secondary N) is 2. The molecule has 110 valence electrons. The van der Waals surface area contributed by atoms with Crippen LogP contribution in [0.4, 0.5) is 5.69 Å². The Morgan fingerprint density at radius 1 is 1.29 bits per heavy atom. The number of aromatic hydroxyl groups is 1. The molecule has 0 saturated carbocycles. The molecule has 3 N–H and O–H groups in total. The van der Waals surface area contributed by atoms with E-state index in [1.165, 1.54) is 11.3 Å². The Labute approximate surface area is 126 Å². The van der Waals surface area contributed by atoms with Gasteiger partial charge in [0, 0.05) is 0 Å². The Hall–Kier alpha value is -2.34. The highest BCUT2D eigenvalue weighted by molar-refractivity contribution is 7.12. The van der Waals surface area contributed by atoms with Crippen molar-refractivity contribution in [2.45, 2.75) is 19.9 Å². The molecule has 0 bridgehead atoms. The van der Waals surface area contributed by atoms with Crippen LogP contribution in [-0.4, -0.2) is 23.0 Å². The van der Waals surface area contributed by atoms with E-state index in [9.17, 15) is 14.7 Å². The molecule has 1 heterocycles. The maximum Gasteiger partial charge on any atom is 0.261 e. The summed E-state index contributed by atoms with van der Waals surface area (Å²) in [6.45, 7) is 3.43. The van der Waals surface area contributed by atoms with Crippen LogP contribution in [-0.2, 0) is 4.79 Å². The third-order valence-electron chi connectivity index (χ3n) is 2.90. The summed E-state index contributed by atoms with van der Waals surface area (Å²) in [6, 6.07) is 7.72. The first-order valence-electron chi connectivity index (χ1n) is 6.42. The molecule has 21 heavy (non-hydrogen) atoms. The number of hydrogen-bond donors (Lipinski definition) is 3. The minimum Gasteiger partial charge on any atom is -0.506 e. The molecule has 2 rings (SSSR count). The van der Waals surface area contributed by atoms with Gasteiger partial charge in [0.05, 0.1) is 10.6 Å². The van der Waals surface area contributed by atoms with E-state index in [1.54, 1.807) is 42.6 Å². The summed E-state index contributed by atoms with van der Waals surface area (Å²) >= 11 is 1.31. The molecular formula is C15H16N2O3S. The number of phenols is 1. The quantitative estimate of drug-likeness (QED) is 0.759. The van der Waals surface area contributed by atoms with Gasteiger partial charge in [-0.1, -0.05) is 12.1 Å². The molecule has 0 aliphatic carbocycles. The van der Waals surface area contributed by atoms with Crippen molar-refractivity contribution >= 4 is 28.8 Å². The molecule has 1 unspecified atom stereocenters. The van der Waals surface area contributed by atoms with Gasteiger partial charge in [-0.05, 0) is 43.0 Å². The summed E-state index contributed by atoms with van der Waals surface area (Å²) in [5, 5.41) is 16.7. The molecule has 6 heteroatoms. The van der Waals surface area contributed by atoms with Gasteiger partial charge < -0.3 is 15.7 Å². The van der Waals surface area contributed by atoms with Gasteiger partial charge in [-0.25, -0.2) is 0 Å². The van der Waals surface area contributed by atoms with E-state index in [2.05, 4.69) is 10.6 Å². The third-order valence-corrected chi connectivity index (χ3v) is 3.77. The van der Waals surface area contributed by atoms with E-state index >= 15 is 0 Å². The largest absolute Gasteiger partial charge is 0.506 e. The SMILES string of the molecule is Cc1ccc(NC(=O)C(C)NC(=O)c2cccs2)c(O)c1. The summed E-state index contributed by atoms with van der Waals surface area (Å²) in [5.74, 6) is -0.681. The zero-order chi connectivity index (χ0) is 15.4. The molecule has 2 amide bonds. The maximum absolute atomic E-state index is 12.0. The van der Waals surface area contributed by atoms with E-state index in [4.69, 9.17) is 0 Å². The van der Waals surface area contributed by atoms with Gasteiger partial charge in [0.25, 0.3) is 5.91 Å². The van der Waals surface area contributed by atoms with Crippen molar-refractivity contribution in [3.05, 3.63) is 46.2 Å². The summed E-state index contributed by atoms with van der Waals surface area (Å²) in [5.41, 5.74) is 1.22. The van der Waals surface area contributed by atoms with E-state index in [0.29, 0.717) is 10.6 Å². The Morgan fingerprint density at radius 2 is 2.05 bits per heavy atom. The molecule has 0 aliphatic rings. The fourth-order valence-corrected chi connectivity index (χ4v) is 2.36. The summed E-state index contributed by atoms with van der Waals surface area (Å²) < 4.78 is 0. The van der Waals surface area contributed by atoms with Crippen molar-refractivity contribution < 1.29 is 14.7 Å². The fraction of sp³-hybridized carbons (Fsp3) is 0.200. The lowest BCUT2D eigenvalue weighted by molar-refractivity contribution is -0.117. The molecule has 0 aliphatic heterocycles. The van der Waals surface area contributed by atoms with Crippen LogP contribution < -0.4 is 10.6 Å². The van der Waals surface area contributed by atoms with Crippen molar-refractivity contribution in [1.82, 2.24) is 5.32 Å². The van der Waals surface area contributed by atoms with Gasteiger partial charge >= 0.3 is 0 Å². The number of phenolic OH excluding ortho intramolecular Hbond substituents is 1. The molecule has 2 aromatic rings. The van der Waals surface area contributed by atoms with Crippen molar-refractivity contribution in [3.8, 4) is 5.75 Å². The third kappa shape index (κ3) is 3.82. The second kappa shape index (κ2) is 6.41. The van der Waals surface area contributed by atoms with Crippen molar-refractivity contribution in [3.63, 3.8) is 0 Å². The molecule has 0 radical (unpaired) electrons. The van der Waals surface area contributed by atoms with E-state index < -0.39 is 6.04 Å². The predicted octanol–water partition coefficient (Wildman–Crippen LogP) is 2.52. The first-order chi connectivity index (χ1) is 9.97. The van der Waals surface area contributed by atoms with Gasteiger partial charge in [-0.2, -0.15) is 0 Å². The Bertz CT molecular complexity index is 653. The van der Waals surface area contributed by atoms with Crippen LogP contribution in [0.2, 0.25) is 0 Å². The van der Waals surface area contributed by atoms with Crippen LogP contribution in [0.25, 0.3) is 0 Å². The van der Waals surface area contributed by atoms with Gasteiger partial charge in [-0.15, -0.1) is 11.3 Å². The number of carbonyl (C=O) groups is 2. The highest BCUT2D eigenvalue weighted by atomic mass is 32.1. The number of aryl methyl sites for hydroxylation is 1. The smallest absolute Gasteiger partial charge is 0.261 e. The van der Waals surface area contributed by atoms with Crippen LogP contribution in [0.1, 0.15) is 22.2 Å². The number of anilines is 1. The minimum atomic E-state index is -0.708. The molecule has 5 nitrogen and oxygen atoms in total. The second-order valence-corrected chi connectivity index (χ2v) is 5.63. The fourth-order valence-electron chi connectivity index (χ4n) is 1.73. The average molecular weight is 304 g/mol. The van der Waals surface area contributed by atoms with Crippen molar-refractivity contribution in [2.24, 2.45) is 0 Å². The summed E-state index contributed by atoms with van der Waals surface area (Å²) in [7, 11) is 0. The van der Waals surface area contributed by atoms with E-state index in [-0.39, 0.29) is 17.6 Å². The van der Waals surface area contributed by atoms with E-state index in [0.717, 1.165) is 5.56 Å². The van der Waals surface area contributed by atoms with E-state index in [1.807, 2.05) is 6.92 Å². The van der Waals surface area contributed by atoms with Crippen molar-refractivity contribution in [2.75, 3.05) is 5.32 Å². The lowest BCUT2D eigenvalue weighted by Crippen LogP contribution is -2.41. The Morgan fingerprint density at radius 3 is 2.67 bits per heavy atom. The molecule has 1 atom stereocenters. The van der Waals surface area contributed by atoms with Crippen LogP contribution in [0.3, 0.4) is 0 Å². The first kappa shape index (κ1) is 15.1. The molecule has 0 fully saturated rings. The van der Waals surface area contributed by atoms with Gasteiger partial charge in [0.15, 0.2) is 0 Å². The second-order valence-electron chi connectivity index (χ2n) is 4.68. The number of thiophene rings is 1. The zero-order valence-electron chi connectivity index (χ0n) is 11.7. The summed E-state index contributed by atoms with van der Waals surface area (Å²) in [4.78, 5) is 24.4. The van der Waals surface area contributed by atoms with Crippen molar-refractivity contribution in [1.29, 1.82) is 0 Å². The highest BCUT2D eigenvalue weighted by Gasteiger charge is 2.18. The standard InChI is InChI=1S/C15H16N2O3S/c1-9-5-6-11(12(18)8-9)17-14(19)10(2)16-15(20)13-4-3-7-21-13/h3-8,10,18H,1-2H3,(H,16,20)(H,17,19). The lowest BCUT2D eigenvalue weighted by Gasteiger charge is -2.14. The molecule has 0 spiro atoms. The van der Waals surface area contributed by atoms with Crippen LogP contribution in [0.5, 0.6) is 5.75 Å². The summed E-state index contributed by atoms with van der Waals surface area (Å²) in [6.07, 6.45) is 0. The monoisotopic (exact) mass is 304 g/mol. The van der Waals surface area contributed by atoms with Crippen LogP contribution in [0, 0.1) is 6.92 Å². The topological polar surface area (TPSA) is 78.4 Å². The number of rotatable bonds is 4. The Kier molecular flexibility index (Phi) is 4.59. The lowest BCUT2D eigenvalue weighted by atomic mass is 10.2. The molecule has 1 aromatic carbocycles.